The molecule has 6 rings (SSSR count). The van der Waals surface area contributed by atoms with Gasteiger partial charge < -0.3 is 15.2 Å². The summed E-state index contributed by atoms with van der Waals surface area (Å²) in [5, 5.41) is 12.7. The molecule has 2 N–H and O–H groups in total. The number of esters is 1. The maximum atomic E-state index is 13.4. The number of fused-ring (bicyclic) bond motifs is 7. The minimum atomic E-state index is -0.879. The largest absolute Gasteiger partial charge is 0.481 e. The number of ether oxygens (including phenoxy) is 1. The monoisotopic (exact) mass is 651 g/mol. The average Bonchev–Trinajstić information content (AvgIpc) is 3.66. The first kappa shape index (κ1) is 35.0. The molecule has 3 unspecified atom stereocenters. The van der Waals surface area contributed by atoms with Crippen molar-refractivity contribution in [1.29, 1.82) is 0 Å². The van der Waals surface area contributed by atoms with Crippen molar-refractivity contribution in [3.05, 3.63) is 12.2 Å². The molecule has 0 bridgehead atoms. The van der Waals surface area contributed by atoms with E-state index in [2.05, 4.69) is 53.4 Å². The highest BCUT2D eigenvalue weighted by Gasteiger charge is 2.71. The number of nitrogens with one attached hydrogen (secondary N) is 1. The quantitative estimate of drug-likeness (QED) is 0.192. The highest BCUT2D eigenvalue weighted by Crippen LogP contribution is 2.78. The van der Waals surface area contributed by atoms with E-state index in [4.69, 9.17) is 4.74 Å². The second-order valence-electron chi connectivity index (χ2n) is 19.8. The molecule has 0 radical (unpaired) electrons. The zero-order chi connectivity index (χ0) is 34.4. The van der Waals surface area contributed by atoms with E-state index in [1.165, 1.54) is 44.1 Å². The van der Waals surface area contributed by atoms with E-state index in [0.717, 1.165) is 38.5 Å². The van der Waals surface area contributed by atoms with Crippen LogP contribution in [0.3, 0.4) is 0 Å². The first-order chi connectivity index (χ1) is 21.8. The van der Waals surface area contributed by atoms with Crippen LogP contribution in [0.5, 0.6) is 0 Å². The van der Waals surface area contributed by atoms with Crippen molar-refractivity contribution in [2.75, 3.05) is 0 Å². The van der Waals surface area contributed by atoms with Crippen LogP contribution >= 0.6 is 0 Å². The molecule has 264 valence electrons. The smallest absolute Gasteiger partial charge is 0.306 e. The van der Waals surface area contributed by atoms with Crippen LogP contribution in [-0.4, -0.2) is 35.1 Å². The van der Waals surface area contributed by atoms with Crippen LogP contribution in [0, 0.1) is 62.1 Å². The van der Waals surface area contributed by atoms with Gasteiger partial charge in [0.05, 0.1) is 12.8 Å². The predicted molar refractivity (Wildman–Crippen MR) is 185 cm³/mol. The molecule has 0 spiro atoms. The van der Waals surface area contributed by atoms with Gasteiger partial charge in [-0.05, 0) is 141 Å². The summed E-state index contributed by atoms with van der Waals surface area (Å²) in [5.74, 6) is 1.93. The topological polar surface area (TPSA) is 92.7 Å². The standard InChI is InChI=1S/C41H65NO5/c1-25(2)27-14-19-41(22-32(43)42-26-10-11-26)21-20-39(8)28(35(27)41)12-13-30-38(7)17-16-31(37(5,6)29(38)15-18-40(30,39)9)47-34(46)24-36(3,4)23-33(44)45/h26-31,35H,1,10-24H2,2-9H3,(H,42,43)(H,44,45)/t27-,28+,29?,30?,31-,35?,38-,39+,40+,41+/m0/s1. The third-order valence-corrected chi connectivity index (χ3v) is 16.2. The maximum absolute atomic E-state index is 13.4. The van der Waals surface area contributed by atoms with Gasteiger partial charge in [-0.1, -0.05) is 60.6 Å². The number of rotatable bonds is 9. The van der Waals surface area contributed by atoms with Crippen molar-refractivity contribution in [3.8, 4) is 0 Å². The Morgan fingerprint density at radius 2 is 1.53 bits per heavy atom. The summed E-state index contributed by atoms with van der Waals surface area (Å²) in [7, 11) is 0. The number of amides is 1. The molecule has 6 heteroatoms. The summed E-state index contributed by atoms with van der Waals surface area (Å²) in [5.41, 5.74) is 1.30. The minimum Gasteiger partial charge on any atom is -0.481 e. The van der Waals surface area contributed by atoms with Gasteiger partial charge in [-0.2, -0.15) is 0 Å². The van der Waals surface area contributed by atoms with Gasteiger partial charge in [-0.15, -0.1) is 0 Å². The van der Waals surface area contributed by atoms with Gasteiger partial charge in [0, 0.05) is 17.9 Å². The SMILES string of the molecule is C=C(C)[C@@H]1CC[C@]2(CC(=O)NC3CC3)CC[C@]3(C)[C@H](CCC4[C@@]5(C)CC[C@H](OC(=O)CC(C)(C)CC(=O)O)C(C)(C)C5CC[C@]43C)C12. The molecule has 6 saturated carbocycles. The number of carbonyl (C=O) groups excluding carboxylic acids is 2. The molecule has 10 atom stereocenters. The molecule has 0 aromatic carbocycles. The fraction of sp³-hybridized carbons (Fsp3) is 0.878. The number of carbonyl (C=O) groups is 3. The van der Waals surface area contributed by atoms with Crippen LogP contribution in [0.25, 0.3) is 0 Å². The van der Waals surface area contributed by atoms with Crippen molar-refractivity contribution >= 4 is 17.8 Å². The molecular weight excluding hydrogens is 586 g/mol. The fourth-order valence-corrected chi connectivity index (χ4v) is 13.7. The van der Waals surface area contributed by atoms with Gasteiger partial charge in [0.1, 0.15) is 6.10 Å². The Balaban J connectivity index is 1.23. The second-order valence-corrected chi connectivity index (χ2v) is 19.8. The number of hydrogen-bond acceptors (Lipinski definition) is 4. The number of carboxylic acids is 1. The molecule has 0 heterocycles. The predicted octanol–water partition coefficient (Wildman–Crippen LogP) is 9.12. The lowest BCUT2D eigenvalue weighted by molar-refractivity contribution is -0.250. The molecule has 47 heavy (non-hydrogen) atoms. The summed E-state index contributed by atoms with van der Waals surface area (Å²) in [6, 6.07) is 0.418. The molecule has 6 fully saturated rings. The Kier molecular flexibility index (Phi) is 8.64. The normalized spacial score (nSPS) is 43.8. The molecule has 0 aliphatic heterocycles. The van der Waals surface area contributed by atoms with E-state index in [9.17, 15) is 19.5 Å². The number of hydrogen-bond donors (Lipinski definition) is 2. The van der Waals surface area contributed by atoms with E-state index in [0.29, 0.717) is 48.0 Å². The van der Waals surface area contributed by atoms with Crippen molar-refractivity contribution in [3.63, 3.8) is 0 Å². The zero-order valence-corrected chi connectivity index (χ0v) is 30.9. The van der Waals surface area contributed by atoms with Gasteiger partial charge in [0.25, 0.3) is 0 Å². The first-order valence-corrected chi connectivity index (χ1v) is 19.1. The molecular formula is C41H65NO5. The summed E-state index contributed by atoms with van der Waals surface area (Å²) in [6.07, 6.45) is 14.5. The van der Waals surface area contributed by atoms with E-state index in [1.807, 2.05) is 13.8 Å². The molecule has 6 nitrogen and oxygen atoms in total. The maximum Gasteiger partial charge on any atom is 0.306 e. The van der Waals surface area contributed by atoms with Crippen LogP contribution in [0.2, 0.25) is 0 Å². The highest BCUT2D eigenvalue weighted by molar-refractivity contribution is 5.77. The van der Waals surface area contributed by atoms with E-state index in [1.54, 1.807) is 0 Å². The van der Waals surface area contributed by atoms with Crippen LogP contribution in [0.4, 0.5) is 0 Å². The van der Waals surface area contributed by atoms with Crippen LogP contribution in [-0.2, 0) is 19.1 Å². The average molecular weight is 652 g/mol. The molecule has 6 aliphatic carbocycles. The number of aliphatic carboxylic acids is 1. The number of carboxylic acid groups (broad SMARTS) is 1. The van der Waals surface area contributed by atoms with E-state index >= 15 is 0 Å². The lowest BCUT2D eigenvalue weighted by Crippen LogP contribution is -2.67. The van der Waals surface area contributed by atoms with Crippen LogP contribution in [0.1, 0.15) is 152 Å². The van der Waals surface area contributed by atoms with E-state index < -0.39 is 11.4 Å². The van der Waals surface area contributed by atoms with Gasteiger partial charge in [-0.25, -0.2) is 0 Å². The molecule has 0 aromatic rings. The van der Waals surface area contributed by atoms with Gasteiger partial charge in [0.15, 0.2) is 0 Å². The fourth-order valence-electron chi connectivity index (χ4n) is 13.7. The van der Waals surface area contributed by atoms with Crippen molar-refractivity contribution in [2.45, 2.75) is 164 Å². The second kappa shape index (κ2) is 11.6. The van der Waals surface area contributed by atoms with Crippen molar-refractivity contribution in [2.24, 2.45) is 62.1 Å². The third-order valence-electron chi connectivity index (χ3n) is 16.2. The van der Waals surface area contributed by atoms with Gasteiger partial charge >= 0.3 is 11.9 Å². The molecule has 1 amide bonds. The van der Waals surface area contributed by atoms with E-state index in [-0.39, 0.29) is 52.0 Å². The first-order valence-electron chi connectivity index (χ1n) is 19.1. The minimum absolute atomic E-state index is 0.0420. The third kappa shape index (κ3) is 5.72. The summed E-state index contributed by atoms with van der Waals surface area (Å²) < 4.78 is 6.26. The van der Waals surface area contributed by atoms with Gasteiger partial charge in [0.2, 0.25) is 5.91 Å². The van der Waals surface area contributed by atoms with Crippen LogP contribution in [0.15, 0.2) is 12.2 Å². The summed E-state index contributed by atoms with van der Waals surface area (Å²) in [6.45, 7) is 23.0. The summed E-state index contributed by atoms with van der Waals surface area (Å²) in [4.78, 5) is 37.9. The van der Waals surface area contributed by atoms with Crippen LogP contribution < -0.4 is 5.32 Å². The Labute approximate surface area is 285 Å². The Bertz CT molecular complexity index is 1300. The lowest BCUT2D eigenvalue weighted by Gasteiger charge is -2.73. The van der Waals surface area contributed by atoms with Crippen molar-refractivity contribution < 1.29 is 24.2 Å². The van der Waals surface area contributed by atoms with Gasteiger partial charge in [-0.3, -0.25) is 14.4 Å². The molecule has 6 aliphatic rings. The summed E-state index contributed by atoms with van der Waals surface area (Å²) >= 11 is 0. The van der Waals surface area contributed by atoms with Crippen molar-refractivity contribution in [1.82, 2.24) is 5.32 Å². The highest BCUT2D eigenvalue weighted by atomic mass is 16.5. The zero-order valence-electron chi connectivity index (χ0n) is 30.9. The molecule has 0 saturated heterocycles. The number of allylic oxidation sites excluding steroid dienone is 1. The Morgan fingerprint density at radius 1 is 0.830 bits per heavy atom. The molecule has 0 aromatic heterocycles. The Hall–Kier alpha value is -1.85. The lowest BCUT2D eigenvalue weighted by atomic mass is 9.32. The Morgan fingerprint density at radius 3 is 2.17 bits per heavy atom.